The number of carbonyl (C=O) groups is 2. The summed E-state index contributed by atoms with van der Waals surface area (Å²) in [5.74, 6) is -0.269. The van der Waals surface area contributed by atoms with E-state index in [2.05, 4.69) is 33.2 Å². The third kappa shape index (κ3) is 2.29. The van der Waals surface area contributed by atoms with Crippen LogP contribution in [0.15, 0.2) is 39.9 Å². The quantitative estimate of drug-likeness (QED) is 0.454. The smallest absolute Gasteiger partial charge is 0.254 e. The predicted octanol–water partition coefficient (Wildman–Crippen LogP) is 3.29. The summed E-state index contributed by atoms with van der Waals surface area (Å²) in [4.78, 5) is 25.3. The second-order valence-corrected chi connectivity index (χ2v) is 7.44. The van der Waals surface area contributed by atoms with Crippen molar-refractivity contribution in [1.82, 2.24) is 5.01 Å². The minimum Gasteiger partial charge on any atom is -0.272 e. The lowest BCUT2D eigenvalue weighted by Gasteiger charge is -2.37. The zero-order valence-corrected chi connectivity index (χ0v) is 14.4. The molecule has 23 heavy (non-hydrogen) atoms. The molecule has 0 aromatic heterocycles. The first-order valence-electron chi connectivity index (χ1n) is 7.92. The van der Waals surface area contributed by atoms with Gasteiger partial charge in [-0.05, 0) is 48.8 Å². The molecule has 118 valence electrons. The molecule has 1 saturated carbocycles. The molecule has 0 radical (unpaired) electrons. The number of hydrogen-bond acceptors (Lipinski definition) is 3. The molecule has 3 aliphatic carbocycles. The Hall–Kier alpha value is -1.75. The number of hydrogen-bond donors (Lipinski definition) is 0. The molecular weight excluding hydrogens is 356 g/mol. The lowest BCUT2D eigenvalue weighted by molar-refractivity contribution is -0.140. The van der Waals surface area contributed by atoms with Crippen LogP contribution in [0.4, 0.5) is 0 Å². The molecular formula is C18H17BrN2O2. The van der Waals surface area contributed by atoms with E-state index in [9.17, 15) is 9.59 Å². The molecule has 0 spiro atoms. The molecule has 4 aliphatic rings. The lowest BCUT2D eigenvalue weighted by Crippen LogP contribution is -2.38. The number of hydrazone groups is 1. The summed E-state index contributed by atoms with van der Waals surface area (Å²) in [7, 11) is 0. The maximum absolute atomic E-state index is 12.6. The van der Waals surface area contributed by atoms with Gasteiger partial charge in [-0.15, -0.1) is 0 Å². The van der Waals surface area contributed by atoms with Crippen LogP contribution < -0.4 is 0 Å². The average molecular weight is 373 g/mol. The Morgan fingerprint density at radius 1 is 1.13 bits per heavy atom. The van der Waals surface area contributed by atoms with E-state index in [0.29, 0.717) is 0 Å². The van der Waals surface area contributed by atoms with Crippen molar-refractivity contribution in [3.63, 3.8) is 0 Å². The Labute approximate surface area is 143 Å². The zero-order chi connectivity index (χ0) is 16.1. The summed E-state index contributed by atoms with van der Waals surface area (Å²) in [6, 6.07) is 5.83. The highest BCUT2D eigenvalue weighted by Crippen LogP contribution is 2.49. The second kappa shape index (κ2) is 5.41. The minimum atomic E-state index is -0.201. The highest BCUT2D eigenvalue weighted by atomic mass is 79.9. The summed E-state index contributed by atoms with van der Waals surface area (Å²) in [5.41, 5.74) is 1.99. The normalized spacial score (nSPS) is 32.2. The molecule has 1 aromatic rings. The molecule has 0 N–H and O–H groups in total. The van der Waals surface area contributed by atoms with Crippen LogP contribution in [-0.2, 0) is 9.59 Å². The molecule has 1 aromatic carbocycles. The number of nitrogens with zero attached hydrogens (tertiary/aromatic N) is 2. The number of aryl methyl sites for hydroxylation is 1. The van der Waals surface area contributed by atoms with Crippen LogP contribution >= 0.6 is 15.9 Å². The molecule has 5 rings (SSSR count). The molecule has 5 heteroatoms. The largest absolute Gasteiger partial charge is 0.272 e. The maximum Gasteiger partial charge on any atom is 0.254 e. The van der Waals surface area contributed by atoms with Gasteiger partial charge in [-0.1, -0.05) is 40.2 Å². The number of imide groups is 1. The number of halogens is 1. The van der Waals surface area contributed by atoms with Crippen LogP contribution in [0.25, 0.3) is 0 Å². The van der Waals surface area contributed by atoms with Crippen molar-refractivity contribution in [1.29, 1.82) is 0 Å². The Morgan fingerprint density at radius 3 is 2.26 bits per heavy atom. The van der Waals surface area contributed by atoms with Gasteiger partial charge in [0.25, 0.3) is 11.8 Å². The standard InChI is InChI=1S/C18H17BrN2O2/c1-10-2-3-11(8-14(10)19)9-20-21-17(22)15-12-4-5-13(7-6-12)16(15)18(21)23/h2-5,8-9,12-13,15-16H,6-7H2,1H3/b20-9-/t12-,13+,15-,16+. The van der Waals surface area contributed by atoms with Gasteiger partial charge in [-0.3, -0.25) is 9.59 Å². The molecule has 4 atom stereocenters. The summed E-state index contributed by atoms with van der Waals surface area (Å²) in [5, 5.41) is 5.31. The second-order valence-electron chi connectivity index (χ2n) is 6.58. The summed E-state index contributed by atoms with van der Waals surface area (Å²) in [6.45, 7) is 2.01. The van der Waals surface area contributed by atoms with Crippen molar-refractivity contribution in [2.24, 2.45) is 28.8 Å². The van der Waals surface area contributed by atoms with Gasteiger partial charge in [-0.2, -0.15) is 10.1 Å². The average Bonchev–Trinajstić information content (AvgIpc) is 2.83. The number of rotatable bonds is 2. The van der Waals surface area contributed by atoms with Gasteiger partial charge >= 0.3 is 0 Å². The van der Waals surface area contributed by atoms with Crippen molar-refractivity contribution in [3.05, 3.63) is 46.0 Å². The minimum absolute atomic E-state index is 0.138. The van der Waals surface area contributed by atoms with Gasteiger partial charge in [0.15, 0.2) is 0 Å². The third-order valence-corrected chi connectivity index (χ3v) is 6.11. The van der Waals surface area contributed by atoms with Gasteiger partial charge in [0, 0.05) is 4.47 Å². The van der Waals surface area contributed by atoms with Crippen molar-refractivity contribution in [3.8, 4) is 0 Å². The fraction of sp³-hybridized carbons (Fsp3) is 0.389. The Bertz CT molecular complexity index is 723. The van der Waals surface area contributed by atoms with Crippen LogP contribution in [-0.4, -0.2) is 23.0 Å². The van der Waals surface area contributed by atoms with Gasteiger partial charge in [0.05, 0.1) is 18.1 Å². The molecule has 4 nitrogen and oxygen atoms in total. The number of carbonyl (C=O) groups excluding carboxylic acids is 2. The molecule has 2 bridgehead atoms. The first kappa shape index (κ1) is 14.8. The number of fused-ring (bicyclic) bond motifs is 1. The molecule has 1 saturated heterocycles. The van der Waals surface area contributed by atoms with Gasteiger partial charge < -0.3 is 0 Å². The molecule has 0 unspecified atom stereocenters. The Balaban J connectivity index is 1.60. The van der Waals surface area contributed by atoms with Gasteiger partial charge in [0.1, 0.15) is 0 Å². The molecule has 1 aliphatic heterocycles. The summed E-state index contributed by atoms with van der Waals surface area (Å²) >= 11 is 3.48. The van der Waals surface area contributed by atoms with E-state index in [4.69, 9.17) is 0 Å². The maximum atomic E-state index is 12.6. The van der Waals surface area contributed by atoms with Crippen molar-refractivity contribution < 1.29 is 9.59 Å². The molecule has 2 fully saturated rings. The van der Waals surface area contributed by atoms with Crippen LogP contribution in [0.3, 0.4) is 0 Å². The van der Waals surface area contributed by atoms with Crippen molar-refractivity contribution in [2.45, 2.75) is 19.8 Å². The van der Waals surface area contributed by atoms with E-state index in [1.165, 1.54) is 0 Å². The van der Waals surface area contributed by atoms with E-state index in [1.54, 1.807) is 6.21 Å². The Morgan fingerprint density at radius 2 is 1.74 bits per heavy atom. The van der Waals surface area contributed by atoms with E-state index in [-0.39, 0.29) is 35.5 Å². The number of benzene rings is 1. The van der Waals surface area contributed by atoms with Crippen molar-refractivity contribution >= 4 is 34.0 Å². The highest BCUT2D eigenvalue weighted by Gasteiger charge is 2.56. The van der Waals surface area contributed by atoms with E-state index in [1.807, 2.05) is 25.1 Å². The van der Waals surface area contributed by atoms with E-state index in [0.717, 1.165) is 33.5 Å². The molecule has 1 heterocycles. The SMILES string of the molecule is Cc1ccc(/C=N\N2C(=O)[C@@H]3[C@H](C2=O)[C@@H]2C=C[C@H]3CC2)cc1Br. The third-order valence-electron chi connectivity index (χ3n) is 5.25. The fourth-order valence-electron chi connectivity index (χ4n) is 3.99. The summed E-state index contributed by atoms with van der Waals surface area (Å²) < 4.78 is 0.983. The van der Waals surface area contributed by atoms with Gasteiger partial charge in [0.2, 0.25) is 0 Å². The number of amides is 2. The van der Waals surface area contributed by atoms with Crippen molar-refractivity contribution in [2.75, 3.05) is 0 Å². The Kier molecular flexibility index (Phi) is 3.48. The van der Waals surface area contributed by atoms with Crippen LogP contribution in [0.5, 0.6) is 0 Å². The predicted molar refractivity (Wildman–Crippen MR) is 90.7 cm³/mol. The first-order valence-corrected chi connectivity index (χ1v) is 8.72. The molecule has 2 amide bonds. The lowest BCUT2D eigenvalue weighted by atomic mass is 9.63. The van der Waals surface area contributed by atoms with Crippen LogP contribution in [0, 0.1) is 30.6 Å². The zero-order valence-electron chi connectivity index (χ0n) is 12.8. The first-order chi connectivity index (χ1) is 11.1. The van der Waals surface area contributed by atoms with Crippen LogP contribution in [0.1, 0.15) is 24.0 Å². The van der Waals surface area contributed by atoms with Gasteiger partial charge in [-0.25, -0.2) is 0 Å². The fourth-order valence-corrected chi connectivity index (χ4v) is 4.38. The number of allylic oxidation sites excluding steroid dienone is 2. The summed E-state index contributed by atoms with van der Waals surface area (Å²) in [6.07, 6.45) is 7.83. The van der Waals surface area contributed by atoms with E-state index >= 15 is 0 Å². The topological polar surface area (TPSA) is 49.7 Å². The van der Waals surface area contributed by atoms with E-state index < -0.39 is 0 Å². The van der Waals surface area contributed by atoms with Crippen LogP contribution in [0.2, 0.25) is 0 Å². The monoisotopic (exact) mass is 372 g/mol. The highest BCUT2D eigenvalue weighted by molar-refractivity contribution is 9.10.